The quantitative estimate of drug-likeness (QED) is 0.429. The highest BCUT2D eigenvalue weighted by Crippen LogP contribution is 2.41. The summed E-state index contributed by atoms with van der Waals surface area (Å²) in [7, 11) is -4.33. The molecule has 0 aliphatic rings. The lowest BCUT2D eigenvalue weighted by molar-refractivity contribution is 0.306. The van der Waals surface area contributed by atoms with Crippen LogP contribution in [-0.4, -0.2) is 13.0 Å². The fourth-order valence-electron chi connectivity index (χ4n) is 3.14. The van der Waals surface area contributed by atoms with Crippen LogP contribution >= 0.6 is 11.3 Å². The normalized spacial score (nSPS) is 11.6. The third kappa shape index (κ3) is 3.80. The summed E-state index contributed by atoms with van der Waals surface area (Å²) < 4.78 is 40.1. The first-order chi connectivity index (χ1) is 13.4. The van der Waals surface area contributed by atoms with Crippen molar-refractivity contribution in [3.05, 3.63) is 83.9 Å². The van der Waals surface area contributed by atoms with Gasteiger partial charge in [-0.3, -0.25) is 4.55 Å². The number of rotatable bonds is 5. The van der Waals surface area contributed by atoms with Crippen LogP contribution in [0.4, 0.5) is 0 Å². The van der Waals surface area contributed by atoms with Gasteiger partial charge >= 0.3 is 0 Å². The van der Waals surface area contributed by atoms with E-state index in [1.54, 1.807) is 11.3 Å². The predicted octanol–water partition coefficient (Wildman–Crippen LogP) is 5.70. The van der Waals surface area contributed by atoms with Crippen LogP contribution in [-0.2, 0) is 16.7 Å². The SMILES string of the molecule is Cc1cc(S(=O)(=O)O)cc(OCc2ccccc2)c1-c1cc2ccccc2s1. The second-order valence-corrected chi connectivity index (χ2v) is 9.02. The van der Waals surface area contributed by atoms with Gasteiger partial charge in [0.25, 0.3) is 10.1 Å². The zero-order chi connectivity index (χ0) is 19.7. The lowest BCUT2D eigenvalue weighted by Gasteiger charge is -2.15. The Labute approximate surface area is 167 Å². The molecule has 6 heteroatoms. The Morgan fingerprint density at radius 3 is 2.39 bits per heavy atom. The van der Waals surface area contributed by atoms with Gasteiger partial charge in [0, 0.05) is 21.2 Å². The van der Waals surface area contributed by atoms with E-state index in [1.165, 1.54) is 12.1 Å². The van der Waals surface area contributed by atoms with Gasteiger partial charge in [-0.05, 0) is 41.6 Å². The first kappa shape index (κ1) is 18.7. The van der Waals surface area contributed by atoms with Crippen molar-refractivity contribution in [1.29, 1.82) is 0 Å². The molecule has 0 saturated heterocycles. The standard InChI is InChI=1S/C22H18O4S2/c1-15-11-18(28(23,24)25)13-19(26-14-16-7-3-2-4-8-16)22(15)21-12-17-9-5-6-10-20(17)27-21/h2-13H,14H2,1H3,(H,23,24,25). The van der Waals surface area contributed by atoms with Crippen LogP contribution in [0.2, 0.25) is 0 Å². The maximum Gasteiger partial charge on any atom is 0.294 e. The van der Waals surface area contributed by atoms with Gasteiger partial charge in [-0.1, -0.05) is 48.5 Å². The zero-order valence-electron chi connectivity index (χ0n) is 15.1. The fraction of sp³-hybridized carbons (Fsp3) is 0.0909. The lowest BCUT2D eigenvalue weighted by Crippen LogP contribution is -2.03. The average Bonchev–Trinajstić information content (AvgIpc) is 3.09. The molecule has 142 valence electrons. The van der Waals surface area contributed by atoms with Crippen LogP contribution in [0, 0.1) is 6.92 Å². The van der Waals surface area contributed by atoms with Crippen molar-refractivity contribution in [2.75, 3.05) is 0 Å². The van der Waals surface area contributed by atoms with E-state index in [9.17, 15) is 13.0 Å². The van der Waals surface area contributed by atoms with Crippen LogP contribution in [0.15, 0.2) is 77.7 Å². The highest BCUT2D eigenvalue weighted by atomic mass is 32.2. The van der Waals surface area contributed by atoms with Gasteiger partial charge in [0.15, 0.2) is 0 Å². The third-order valence-electron chi connectivity index (χ3n) is 4.48. The molecule has 28 heavy (non-hydrogen) atoms. The van der Waals surface area contributed by atoms with E-state index in [1.807, 2.05) is 55.5 Å². The third-order valence-corrected chi connectivity index (χ3v) is 6.44. The lowest BCUT2D eigenvalue weighted by atomic mass is 10.1. The largest absolute Gasteiger partial charge is 0.488 e. The number of hydrogen-bond donors (Lipinski definition) is 1. The minimum atomic E-state index is -4.33. The molecule has 1 aromatic heterocycles. The molecule has 0 aliphatic heterocycles. The number of aryl methyl sites for hydroxylation is 1. The minimum absolute atomic E-state index is 0.169. The van der Waals surface area contributed by atoms with Crippen molar-refractivity contribution >= 4 is 31.5 Å². The van der Waals surface area contributed by atoms with Gasteiger partial charge in [-0.15, -0.1) is 11.3 Å². The highest BCUT2D eigenvalue weighted by molar-refractivity contribution is 7.85. The van der Waals surface area contributed by atoms with Crippen LogP contribution < -0.4 is 4.74 Å². The van der Waals surface area contributed by atoms with Gasteiger partial charge < -0.3 is 4.74 Å². The van der Waals surface area contributed by atoms with E-state index >= 15 is 0 Å². The fourth-order valence-corrected chi connectivity index (χ4v) is 4.90. The van der Waals surface area contributed by atoms with Gasteiger partial charge in [-0.2, -0.15) is 8.42 Å². The van der Waals surface area contributed by atoms with Crippen molar-refractivity contribution in [3.63, 3.8) is 0 Å². The van der Waals surface area contributed by atoms with Crippen molar-refractivity contribution in [3.8, 4) is 16.2 Å². The molecule has 1 heterocycles. The Morgan fingerprint density at radius 1 is 0.964 bits per heavy atom. The Balaban J connectivity index is 1.83. The Hall–Kier alpha value is -2.67. The second-order valence-electron chi connectivity index (χ2n) is 6.51. The highest BCUT2D eigenvalue weighted by Gasteiger charge is 2.19. The smallest absolute Gasteiger partial charge is 0.294 e. The molecule has 0 bridgehead atoms. The number of benzene rings is 3. The summed E-state index contributed by atoms with van der Waals surface area (Å²) in [6.07, 6.45) is 0. The summed E-state index contributed by atoms with van der Waals surface area (Å²) in [5.74, 6) is 0.433. The van der Waals surface area contributed by atoms with E-state index < -0.39 is 10.1 Å². The minimum Gasteiger partial charge on any atom is -0.488 e. The van der Waals surface area contributed by atoms with Crippen LogP contribution in [0.1, 0.15) is 11.1 Å². The first-order valence-electron chi connectivity index (χ1n) is 8.69. The number of thiophene rings is 1. The first-order valence-corrected chi connectivity index (χ1v) is 11.0. The van der Waals surface area contributed by atoms with E-state index in [0.717, 1.165) is 31.7 Å². The van der Waals surface area contributed by atoms with Crippen LogP contribution in [0.5, 0.6) is 5.75 Å². The Bertz CT molecular complexity index is 1210. The van der Waals surface area contributed by atoms with Gasteiger partial charge in [0.05, 0.1) is 4.90 Å². The topological polar surface area (TPSA) is 63.6 Å². The summed E-state index contributed by atoms with van der Waals surface area (Å²) in [4.78, 5) is 0.821. The molecule has 4 aromatic rings. The van der Waals surface area contributed by atoms with E-state index in [4.69, 9.17) is 4.74 Å². The maximum absolute atomic E-state index is 11.7. The molecule has 0 atom stereocenters. The summed E-state index contributed by atoms with van der Waals surface area (Å²) >= 11 is 1.62. The second kappa shape index (κ2) is 7.39. The molecule has 0 saturated carbocycles. The zero-order valence-corrected chi connectivity index (χ0v) is 16.8. The van der Waals surface area contributed by atoms with E-state index in [0.29, 0.717) is 12.4 Å². The number of hydrogen-bond acceptors (Lipinski definition) is 4. The summed E-state index contributed by atoms with van der Waals surface area (Å²) in [5, 5.41) is 1.12. The molecular weight excluding hydrogens is 392 g/mol. The molecular formula is C22H18O4S2. The van der Waals surface area contributed by atoms with Crippen molar-refractivity contribution in [2.45, 2.75) is 18.4 Å². The molecule has 0 radical (unpaired) electrons. The summed E-state index contributed by atoms with van der Waals surface area (Å²) in [6, 6.07) is 22.7. The van der Waals surface area contributed by atoms with Gasteiger partial charge in [-0.25, -0.2) is 0 Å². The van der Waals surface area contributed by atoms with Crippen molar-refractivity contribution in [1.82, 2.24) is 0 Å². The molecule has 0 aliphatic carbocycles. The van der Waals surface area contributed by atoms with Gasteiger partial charge in [0.1, 0.15) is 12.4 Å². The van der Waals surface area contributed by atoms with Crippen LogP contribution in [0.3, 0.4) is 0 Å². The van der Waals surface area contributed by atoms with Gasteiger partial charge in [0.2, 0.25) is 0 Å². The number of fused-ring (bicyclic) bond motifs is 1. The molecule has 0 unspecified atom stereocenters. The molecule has 4 rings (SSSR count). The number of ether oxygens (including phenoxy) is 1. The molecule has 0 amide bonds. The average molecular weight is 411 g/mol. The monoisotopic (exact) mass is 410 g/mol. The van der Waals surface area contributed by atoms with E-state index in [2.05, 4.69) is 12.1 Å². The summed E-state index contributed by atoms with van der Waals surface area (Å²) in [5.41, 5.74) is 2.54. The predicted molar refractivity (Wildman–Crippen MR) is 113 cm³/mol. The molecule has 0 fully saturated rings. The summed E-state index contributed by atoms with van der Waals surface area (Å²) in [6.45, 7) is 2.12. The molecule has 3 aromatic carbocycles. The Morgan fingerprint density at radius 2 is 1.68 bits per heavy atom. The maximum atomic E-state index is 11.7. The molecule has 0 spiro atoms. The van der Waals surface area contributed by atoms with Crippen molar-refractivity contribution in [2.24, 2.45) is 0 Å². The van der Waals surface area contributed by atoms with E-state index in [-0.39, 0.29) is 4.90 Å². The molecule has 1 N–H and O–H groups in total. The Kier molecular flexibility index (Phi) is 4.93. The van der Waals surface area contributed by atoms with Crippen LogP contribution in [0.25, 0.3) is 20.5 Å². The van der Waals surface area contributed by atoms with Crippen molar-refractivity contribution < 1.29 is 17.7 Å². The molecule has 4 nitrogen and oxygen atoms in total.